The Morgan fingerprint density at radius 3 is 2.83 bits per heavy atom. The predicted octanol–water partition coefficient (Wildman–Crippen LogP) is 3.50. The minimum absolute atomic E-state index is 0.0902. The van der Waals surface area contributed by atoms with Crippen LogP contribution in [0, 0.1) is 5.92 Å². The fourth-order valence-corrected chi connectivity index (χ4v) is 3.57. The molecule has 1 aliphatic heterocycles. The van der Waals surface area contributed by atoms with E-state index in [0.717, 1.165) is 23.3 Å². The molecule has 0 saturated heterocycles. The van der Waals surface area contributed by atoms with Crippen molar-refractivity contribution < 1.29 is 18.8 Å². The van der Waals surface area contributed by atoms with Crippen molar-refractivity contribution in [1.29, 1.82) is 0 Å². The lowest BCUT2D eigenvalue weighted by Crippen LogP contribution is -2.28. The molecule has 0 radical (unpaired) electrons. The Morgan fingerprint density at radius 2 is 2.00 bits per heavy atom. The Labute approximate surface area is 203 Å². The van der Waals surface area contributed by atoms with Gasteiger partial charge in [-0.2, -0.15) is 4.98 Å². The molecular weight excluding hydrogens is 448 g/mol. The van der Waals surface area contributed by atoms with Crippen molar-refractivity contribution in [2.75, 3.05) is 19.7 Å². The third-order valence-corrected chi connectivity index (χ3v) is 5.40. The number of nitrogens with one attached hydrogen (secondary N) is 2. The van der Waals surface area contributed by atoms with Crippen LogP contribution in [-0.4, -0.2) is 41.7 Å². The number of rotatable bonds is 12. The molecule has 1 aromatic heterocycles. The van der Waals surface area contributed by atoms with Crippen molar-refractivity contribution in [3.05, 3.63) is 65.9 Å². The van der Waals surface area contributed by atoms with E-state index in [1.54, 1.807) is 0 Å². The van der Waals surface area contributed by atoms with Gasteiger partial charge in [-0.15, -0.1) is 10.2 Å². The number of benzene rings is 1. The van der Waals surface area contributed by atoms with Gasteiger partial charge in [-0.25, -0.2) is 0 Å². The average molecular weight is 477 g/mol. The van der Waals surface area contributed by atoms with Gasteiger partial charge < -0.3 is 19.9 Å². The van der Waals surface area contributed by atoms with Crippen molar-refractivity contribution in [1.82, 2.24) is 20.8 Å². The van der Waals surface area contributed by atoms with Crippen LogP contribution in [0.15, 0.2) is 74.7 Å². The van der Waals surface area contributed by atoms with Crippen molar-refractivity contribution in [3.8, 4) is 17.1 Å². The summed E-state index contributed by atoms with van der Waals surface area (Å²) in [6.45, 7) is 3.83. The number of ether oxygens (including phenoxy) is 1. The van der Waals surface area contributed by atoms with Crippen molar-refractivity contribution in [2.24, 2.45) is 16.1 Å². The fraction of sp³-hybridized carbons (Fsp3) is 0.360. The first-order chi connectivity index (χ1) is 17.1. The van der Waals surface area contributed by atoms with Gasteiger partial charge in [-0.3, -0.25) is 9.59 Å². The van der Waals surface area contributed by atoms with Crippen LogP contribution in [0.5, 0.6) is 5.75 Å². The summed E-state index contributed by atoms with van der Waals surface area (Å²) < 4.78 is 10.9. The van der Waals surface area contributed by atoms with Crippen LogP contribution in [-0.2, 0) is 16.0 Å². The van der Waals surface area contributed by atoms with E-state index in [0.29, 0.717) is 50.1 Å². The Balaban J connectivity index is 1.15. The summed E-state index contributed by atoms with van der Waals surface area (Å²) in [6.07, 6.45) is 9.63. The molecule has 0 spiro atoms. The molecule has 0 saturated carbocycles. The quantitative estimate of drug-likeness (QED) is 0.448. The first kappa shape index (κ1) is 24.1. The summed E-state index contributed by atoms with van der Waals surface area (Å²) in [5, 5.41) is 17.7. The molecule has 2 N–H and O–H groups in total. The monoisotopic (exact) mass is 476 g/mol. The summed E-state index contributed by atoms with van der Waals surface area (Å²) in [5.41, 5.74) is 1.64. The number of nitrogens with zero attached hydrogens (tertiary/aromatic N) is 4. The molecule has 35 heavy (non-hydrogen) atoms. The highest BCUT2D eigenvalue weighted by molar-refractivity contribution is 5.86. The fourth-order valence-electron chi connectivity index (χ4n) is 3.57. The van der Waals surface area contributed by atoms with E-state index in [-0.39, 0.29) is 24.2 Å². The number of hydrogen-bond acceptors (Lipinski definition) is 8. The van der Waals surface area contributed by atoms with Gasteiger partial charge in [0.1, 0.15) is 5.75 Å². The molecular formula is C25H28N6O4. The summed E-state index contributed by atoms with van der Waals surface area (Å²) in [7, 11) is 0. The Hall–Kier alpha value is -4.08. The maximum absolute atomic E-state index is 12.2. The molecule has 1 aliphatic carbocycles. The molecule has 1 atom stereocenters. The smallest absolute Gasteiger partial charge is 0.276 e. The van der Waals surface area contributed by atoms with Gasteiger partial charge in [0.2, 0.25) is 17.6 Å². The van der Waals surface area contributed by atoms with Crippen LogP contribution in [0.1, 0.15) is 32.1 Å². The molecule has 182 valence electrons. The zero-order valence-electron chi connectivity index (χ0n) is 19.6. The van der Waals surface area contributed by atoms with Crippen molar-refractivity contribution in [2.45, 2.75) is 32.6 Å². The number of amides is 2. The van der Waals surface area contributed by atoms with Crippen LogP contribution in [0.2, 0.25) is 0 Å². The van der Waals surface area contributed by atoms with Gasteiger partial charge in [0.05, 0.1) is 12.5 Å². The maximum Gasteiger partial charge on any atom is 0.276 e. The van der Waals surface area contributed by atoms with E-state index in [1.807, 2.05) is 48.6 Å². The summed E-state index contributed by atoms with van der Waals surface area (Å²) in [6, 6.07) is 7.51. The van der Waals surface area contributed by atoms with Crippen molar-refractivity contribution in [3.63, 3.8) is 0 Å². The van der Waals surface area contributed by atoms with E-state index < -0.39 is 0 Å². The second-order valence-electron chi connectivity index (χ2n) is 8.08. The molecule has 1 unspecified atom stereocenters. The molecule has 0 fully saturated rings. The molecule has 2 heterocycles. The molecule has 2 aliphatic rings. The van der Waals surface area contributed by atoms with E-state index in [9.17, 15) is 9.59 Å². The molecule has 1 aromatic carbocycles. The van der Waals surface area contributed by atoms with E-state index in [4.69, 9.17) is 9.26 Å². The summed E-state index contributed by atoms with van der Waals surface area (Å²) in [4.78, 5) is 28.4. The minimum Gasteiger partial charge on any atom is -0.494 e. The predicted molar refractivity (Wildman–Crippen MR) is 128 cm³/mol. The van der Waals surface area contributed by atoms with E-state index >= 15 is 0 Å². The number of aryl methyl sites for hydroxylation is 1. The highest BCUT2D eigenvalue weighted by Gasteiger charge is 2.26. The van der Waals surface area contributed by atoms with Gasteiger partial charge in [-0.1, -0.05) is 36.4 Å². The largest absolute Gasteiger partial charge is 0.494 e. The van der Waals surface area contributed by atoms with E-state index in [1.165, 1.54) is 0 Å². The van der Waals surface area contributed by atoms with Crippen LogP contribution in [0.3, 0.4) is 0 Å². The number of hydrogen-bond donors (Lipinski definition) is 2. The van der Waals surface area contributed by atoms with Crippen LogP contribution in [0.4, 0.5) is 0 Å². The zero-order chi connectivity index (χ0) is 24.5. The second-order valence-corrected chi connectivity index (χ2v) is 8.08. The van der Waals surface area contributed by atoms with Gasteiger partial charge in [0, 0.05) is 37.1 Å². The SMILES string of the molecule is CCCOc1ccc(-c2noc(CCC(=O)NCCCNC3=C4C=CC=CC4C(=O)N=N3)n2)cc1. The topological polar surface area (TPSA) is 131 Å². The number of azo groups is 1. The maximum atomic E-state index is 12.2. The van der Waals surface area contributed by atoms with E-state index in [2.05, 4.69) is 37.9 Å². The third-order valence-electron chi connectivity index (χ3n) is 5.40. The molecule has 10 nitrogen and oxygen atoms in total. The Bertz CT molecular complexity index is 1160. The van der Waals surface area contributed by atoms with Crippen LogP contribution >= 0.6 is 0 Å². The zero-order valence-corrected chi connectivity index (χ0v) is 19.6. The highest BCUT2D eigenvalue weighted by Crippen LogP contribution is 2.27. The molecule has 2 amide bonds. The highest BCUT2D eigenvalue weighted by atomic mass is 16.5. The normalized spacial score (nSPS) is 16.4. The lowest BCUT2D eigenvalue weighted by atomic mass is 9.93. The summed E-state index contributed by atoms with van der Waals surface area (Å²) in [5.74, 6) is 1.57. The standard InChI is InChI=1S/C25H28N6O4/c1-2-16-34-18-10-8-17(9-11-18)23-28-22(35-31-23)13-12-21(32)26-14-5-15-27-24-19-6-3-4-7-20(19)25(33)30-29-24/h3-4,6-11,20,27H,2,5,12-16H2,1H3,(H,26,32). The van der Waals surface area contributed by atoms with Gasteiger partial charge in [0.15, 0.2) is 5.82 Å². The first-order valence-electron chi connectivity index (χ1n) is 11.7. The lowest BCUT2D eigenvalue weighted by Gasteiger charge is -2.20. The Morgan fingerprint density at radius 1 is 1.14 bits per heavy atom. The summed E-state index contributed by atoms with van der Waals surface area (Å²) >= 11 is 0. The minimum atomic E-state index is -0.371. The molecule has 2 aromatic rings. The number of carbonyl (C=O) groups excluding carboxylic acids is 2. The average Bonchev–Trinajstić information content (AvgIpc) is 3.37. The van der Waals surface area contributed by atoms with Crippen LogP contribution in [0.25, 0.3) is 11.4 Å². The Kier molecular flexibility index (Phi) is 8.16. The number of allylic oxidation sites excluding steroid dienone is 3. The number of carbonyl (C=O) groups is 2. The lowest BCUT2D eigenvalue weighted by molar-refractivity contribution is -0.121. The first-order valence-corrected chi connectivity index (χ1v) is 11.7. The van der Waals surface area contributed by atoms with Gasteiger partial charge in [-0.05, 0) is 37.1 Å². The van der Waals surface area contributed by atoms with Crippen molar-refractivity contribution >= 4 is 11.8 Å². The molecule has 4 rings (SSSR count). The second kappa shape index (κ2) is 11.9. The third kappa shape index (κ3) is 6.50. The number of aromatic nitrogens is 2. The van der Waals surface area contributed by atoms with Gasteiger partial charge >= 0.3 is 0 Å². The van der Waals surface area contributed by atoms with Crippen LogP contribution < -0.4 is 15.4 Å². The molecule has 0 bridgehead atoms. The van der Waals surface area contributed by atoms with Gasteiger partial charge in [0.25, 0.3) is 5.91 Å². The molecule has 10 heteroatoms. The number of fused-ring (bicyclic) bond motifs is 1.